The van der Waals surface area contributed by atoms with Crippen molar-refractivity contribution >= 4 is 17.8 Å². The Morgan fingerprint density at radius 2 is 1.95 bits per heavy atom. The maximum atomic E-state index is 12.0. The van der Waals surface area contributed by atoms with Crippen LogP contribution in [0.2, 0.25) is 0 Å². The van der Waals surface area contributed by atoms with Gasteiger partial charge in [-0.3, -0.25) is 14.5 Å². The van der Waals surface area contributed by atoms with Crippen LogP contribution in [-0.2, 0) is 19.1 Å². The Kier molecular flexibility index (Phi) is 6.53. The van der Waals surface area contributed by atoms with Crippen LogP contribution in [0.4, 0.5) is 0 Å². The minimum Gasteiger partial charge on any atom is -0.467 e. The lowest BCUT2D eigenvalue weighted by atomic mass is 10.1. The molecule has 1 heterocycles. The summed E-state index contributed by atoms with van der Waals surface area (Å²) in [5.74, 6) is -0.992. The minimum absolute atomic E-state index is 0.241. The molecule has 5 heteroatoms. The van der Waals surface area contributed by atoms with Crippen LogP contribution in [0.1, 0.15) is 58.3 Å². The maximum absolute atomic E-state index is 12.0. The summed E-state index contributed by atoms with van der Waals surface area (Å²) in [7, 11) is 1.28. The number of carbonyl (C=O) groups excluding carboxylic acids is 3. The van der Waals surface area contributed by atoms with Crippen LogP contribution >= 0.6 is 0 Å². The molecule has 1 aliphatic heterocycles. The van der Waals surface area contributed by atoms with Crippen LogP contribution in [0.25, 0.3) is 0 Å². The van der Waals surface area contributed by atoms with Crippen LogP contribution in [0.3, 0.4) is 0 Å². The van der Waals surface area contributed by atoms with Gasteiger partial charge in [-0.25, -0.2) is 4.79 Å². The Morgan fingerprint density at radius 1 is 1.26 bits per heavy atom. The molecule has 2 amide bonds. The van der Waals surface area contributed by atoms with Crippen LogP contribution in [0.5, 0.6) is 0 Å². The third-order valence-corrected chi connectivity index (χ3v) is 3.45. The fraction of sp³-hybridized carbons (Fsp3) is 0.786. The van der Waals surface area contributed by atoms with Crippen molar-refractivity contribution in [2.24, 2.45) is 0 Å². The SMILES string of the molecule is CCCCCCCC(=O)N1C(=O)CC[C@H]1C(=O)OC. The van der Waals surface area contributed by atoms with Crippen molar-refractivity contribution in [1.29, 1.82) is 0 Å². The molecule has 1 rings (SSSR count). The summed E-state index contributed by atoms with van der Waals surface area (Å²) < 4.78 is 4.64. The predicted octanol–water partition coefficient (Wildman–Crippen LogP) is 2.04. The topological polar surface area (TPSA) is 63.7 Å². The first kappa shape index (κ1) is 15.7. The van der Waals surface area contributed by atoms with Crippen LogP contribution < -0.4 is 0 Å². The average Bonchev–Trinajstić information content (AvgIpc) is 2.79. The molecule has 19 heavy (non-hydrogen) atoms. The van der Waals surface area contributed by atoms with Gasteiger partial charge in [-0.15, -0.1) is 0 Å². The third kappa shape index (κ3) is 4.33. The van der Waals surface area contributed by atoms with Gasteiger partial charge >= 0.3 is 5.97 Å². The largest absolute Gasteiger partial charge is 0.467 e. The summed E-state index contributed by atoms with van der Waals surface area (Å²) in [5, 5.41) is 0. The van der Waals surface area contributed by atoms with Crippen molar-refractivity contribution in [1.82, 2.24) is 4.90 Å². The fourth-order valence-electron chi connectivity index (χ4n) is 2.36. The number of esters is 1. The fourth-order valence-corrected chi connectivity index (χ4v) is 2.36. The third-order valence-electron chi connectivity index (χ3n) is 3.45. The molecule has 0 unspecified atom stereocenters. The highest BCUT2D eigenvalue weighted by Crippen LogP contribution is 2.21. The van der Waals surface area contributed by atoms with Crippen LogP contribution in [0, 0.1) is 0 Å². The number of amides is 2. The Morgan fingerprint density at radius 3 is 2.58 bits per heavy atom. The molecule has 1 fully saturated rings. The summed E-state index contributed by atoms with van der Waals surface area (Å²) in [4.78, 5) is 36.3. The normalized spacial score (nSPS) is 18.7. The lowest BCUT2D eigenvalue weighted by Gasteiger charge is -2.20. The van der Waals surface area contributed by atoms with E-state index in [4.69, 9.17) is 0 Å². The summed E-state index contributed by atoms with van der Waals surface area (Å²) in [5.41, 5.74) is 0. The standard InChI is InChI=1S/C14H23NO4/c1-3-4-5-6-7-8-12(16)15-11(14(18)19-2)9-10-13(15)17/h11H,3-10H2,1-2H3/t11-/m0/s1. The van der Waals surface area contributed by atoms with E-state index >= 15 is 0 Å². The van der Waals surface area contributed by atoms with Crippen molar-refractivity contribution < 1.29 is 19.1 Å². The molecule has 0 aromatic heterocycles. The highest BCUT2D eigenvalue weighted by Gasteiger charge is 2.40. The van der Waals surface area contributed by atoms with Crippen molar-refractivity contribution in [2.75, 3.05) is 7.11 Å². The molecule has 1 atom stereocenters. The summed E-state index contributed by atoms with van der Waals surface area (Å²) in [6.07, 6.45) is 6.17. The van der Waals surface area contributed by atoms with Gasteiger partial charge in [0.2, 0.25) is 11.8 Å². The lowest BCUT2D eigenvalue weighted by Crippen LogP contribution is -2.43. The second-order valence-electron chi connectivity index (χ2n) is 4.90. The van der Waals surface area contributed by atoms with Crippen LogP contribution in [-0.4, -0.2) is 35.8 Å². The molecule has 0 aliphatic carbocycles. The summed E-state index contributed by atoms with van der Waals surface area (Å²) in [6, 6.07) is -0.708. The van der Waals surface area contributed by atoms with Gasteiger partial charge in [-0.05, 0) is 12.8 Å². The maximum Gasteiger partial charge on any atom is 0.329 e. The summed E-state index contributed by atoms with van der Waals surface area (Å²) >= 11 is 0. The van der Waals surface area contributed by atoms with Crippen molar-refractivity contribution in [3.63, 3.8) is 0 Å². The smallest absolute Gasteiger partial charge is 0.329 e. The quantitative estimate of drug-likeness (QED) is 0.524. The van der Waals surface area contributed by atoms with Crippen molar-refractivity contribution in [3.05, 3.63) is 0 Å². The van der Waals surface area contributed by atoms with Gasteiger partial charge < -0.3 is 4.74 Å². The predicted molar refractivity (Wildman–Crippen MR) is 70.3 cm³/mol. The number of methoxy groups -OCH3 is 1. The number of hydrogen-bond acceptors (Lipinski definition) is 4. The molecule has 0 aromatic carbocycles. The molecule has 0 N–H and O–H groups in total. The number of imide groups is 1. The molecule has 0 saturated carbocycles. The average molecular weight is 269 g/mol. The van der Waals surface area contributed by atoms with E-state index in [9.17, 15) is 14.4 Å². The Bertz CT molecular complexity index is 340. The highest BCUT2D eigenvalue weighted by molar-refractivity contribution is 6.01. The molecular weight excluding hydrogens is 246 g/mol. The number of rotatable bonds is 7. The Balaban J connectivity index is 2.44. The monoisotopic (exact) mass is 269 g/mol. The minimum atomic E-state index is -0.708. The summed E-state index contributed by atoms with van der Waals surface area (Å²) in [6.45, 7) is 2.13. The number of nitrogens with zero attached hydrogens (tertiary/aromatic N) is 1. The van der Waals surface area contributed by atoms with Gasteiger partial charge in [0.25, 0.3) is 0 Å². The molecule has 0 radical (unpaired) electrons. The van der Waals surface area contributed by atoms with E-state index in [0.717, 1.165) is 30.6 Å². The number of carbonyl (C=O) groups is 3. The molecular formula is C14H23NO4. The number of ether oxygens (including phenoxy) is 1. The van der Waals surface area contributed by atoms with E-state index in [1.165, 1.54) is 13.5 Å². The van der Waals surface area contributed by atoms with E-state index in [1.54, 1.807) is 0 Å². The second kappa shape index (κ2) is 7.92. The molecule has 108 valence electrons. The van der Waals surface area contributed by atoms with Crippen molar-refractivity contribution in [2.45, 2.75) is 64.3 Å². The van der Waals surface area contributed by atoms with E-state index in [2.05, 4.69) is 11.7 Å². The van der Waals surface area contributed by atoms with Gasteiger partial charge in [0.15, 0.2) is 0 Å². The molecule has 0 bridgehead atoms. The van der Waals surface area contributed by atoms with E-state index < -0.39 is 12.0 Å². The lowest BCUT2D eigenvalue weighted by molar-refractivity contribution is -0.155. The first-order valence-electron chi connectivity index (χ1n) is 7.04. The zero-order valence-corrected chi connectivity index (χ0v) is 11.8. The molecule has 0 aromatic rings. The zero-order valence-electron chi connectivity index (χ0n) is 11.8. The zero-order chi connectivity index (χ0) is 14.3. The molecule has 5 nitrogen and oxygen atoms in total. The van der Waals surface area contributed by atoms with E-state index in [1.807, 2.05) is 0 Å². The van der Waals surface area contributed by atoms with Gasteiger partial charge in [-0.1, -0.05) is 32.6 Å². The molecule has 0 spiro atoms. The van der Waals surface area contributed by atoms with Crippen molar-refractivity contribution in [3.8, 4) is 0 Å². The van der Waals surface area contributed by atoms with Gasteiger partial charge in [0, 0.05) is 12.8 Å². The Labute approximate surface area is 114 Å². The highest BCUT2D eigenvalue weighted by atomic mass is 16.5. The van der Waals surface area contributed by atoms with E-state index in [0.29, 0.717) is 12.8 Å². The first-order valence-corrected chi connectivity index (χ1v) is 7.04. The number of likely N-dealkylation sites (tertiary alicyclic amines) is 1. The Hall–Kier alpha value is -1.39. The molecule has 1 saturated heterocycles. The number of hydrogen-bond donors (Lipinski definition) is 0. The van der Waals surface area contributed by atoms with Crippen LogP contribution in [0.15, 0.2) is 0 Å². The first-order chi connectivity index (χ1) is 9.11. The van der Waals surface area contributed by atoms with E-state index in [-0.39, 0.29) is 18.2 Å². The van der Waals surface area contributed by atoms with Gasteiger partial charge in [0.1, 0.15) is 6.04 Å². The number of unbranched alkanes of at least 4 members (excludes halogenated alkanes) is 4. The second-order valence-corrected chi connectivity index (χ2v) is 4.90. The van der Waals surface area contributed by atoms with Gasteiger partial charge in [-0.2, -0.15) is 0 Å². The molecule has 1 aliphatic rings. The van der Waals surface area contributed by atoms with Gasteiger partial charge in [0.05, 0.1) is 7.11 Å².